The second kappa shape index (κ2) is 26.8. The molecule has 0 aromatic carbocycles. The zero-order valence-corrected chi connectivity index (χ0v) is 26.1. The number of rotatable bonds is 29. The van der Waals surface area contributed by atoms with E-state index in [0.29, 0.717) is 0 Å². The molecule has 1 aromatic heterocycles. The lowest BCUT2D eigenvalue weighted by Crippen LogP contribution is -2.32. The van der Waals surface area contributed by atoms with Crippen LogP contribution in [0, 0.1) is 0 Å². The first-order valence-electron chi connectivity index (χ1n) is 17.3. The molecule has 218 valence electrons. The largest absolute Gasteiger partial charge is 0.256 e. The van der Waals surface area contributed by atoms with Crippen molar-refractivity contribution in [3.8, 4) is 0 Å². The summed E-state index contributed by atoms with van der Waals surface area (Å²) >= 11 is 0. The molecule has 0 saturated heterocycles. The van der Waals surface area contributed by atoms with E-state index in [1.54, 1.807) is 0 Å². The zero-order valence-electron chi connectivity index (χ0n) is 26.1. The minimum absolute atomic E-state index is 1.21. The van der Waals surface area contributed by atoms with Gasteiger partial charge in [-0.05, 0) is 19.3 Å². The summed E-state index contributed by atoms with van der Waals surface area (Å²) in [5.74, 6) is 1.54. The van der Waals surface area contributed by atoms with E-state index in [-0.39, 0.29) is 0 Å². The molecular weight excluding hydrogens is 448 g/mol. The van der Waals surface area contributed by atoms with Crippen molar-refractivity contribution >= 4 is 0 Å². The normalized spacial score (nSPS) is 11.5. The van der Waals surface area contributed by atoms with Gasteiger partial charge in [-0.15, -0.1) is 0 Å². The summed E-state index contributed by atoms with van der Waals surface area (Å²) in [4.78, 5) is 0. The van der Waals surface area contributed by atoms with Crippen LogP contribution < -0.4 is 4.57 Å². The third-order valence-electron chi connectivity index (χ3n) is 8.47. The molecule has 2 heteroatoms. The second-order valence-electron chi connectivity index (χ2n) is 12.1. The van der Waals surface area contributed by atoms with E-state index >= 15 is 0 Å². The van der Waals surface area contributed by atoms with E-state index in [1.165, 1.54) is 192 Å². The third-order valence-corrected chi connectivity index (χ3v) is 8.47. The monoisotopic (exact) mass is 518 g/mol. The minimum atomic E-state index is 1.21. The van der Waals surface area contributed by atoms with E-state index in [0.717, 1.165) is 0 Å². The van der Waals surface area contributed by atoms with E-state index in [1.807, 2.05) is 0 Å². The summed E-state index contributed by atoms with van der Waals surface area (Å²) in [6, 6.07) is 0. The van der Waals surface area contributed by atoms with Crippen LogP contribution in [0.1, 0.15) is 193 Å². The Kier molecular flexibility index (Phi) is 24.8. The summed E-state index contributed by atoms with van der Waals surface area (Å²) in [7, 11) is 2.24. The first kappa shape index (κ1) is 34.2. The molecular formula is C35H69N2+. The number of imidazole rings is 1. The maximum absolute atomic E-state index is 2.54. The molecule has 0 atom stereocenters. The predicted octanol–water partition coefficient (Wildman–Crippen LogP) is 11.4. The molecule has 0 fully saturated rings. The summed E-state index contributed by atoms with van der Waals surface area (Å²) in [5, 5.41) is 0. The van der Waals surface area contributed by atoms with Crippen molar-refractivity contribution in [3.63, 3.8) is 0 Å². The third kappa shape index (κ3) is 20.8. The van der Waals surface area contributed by atoms with Gasteiger partial charge in [-0.1, -0.05) is 168 Å². The van der Waals surface area contributed by atoms with Crippen LogP contribution >= 0.6 is 0 Å². The number of hydrogen-bond acceptors (Lipinski definition) is 0. The average Bonchev–Trinajstić information content (AvgIpc) is 3.25. The van der Waals surface area contributed by atoms with Gasteiger partial charge in [0.05, 0.1) is 13.6 Å². The molecule has 37 heavy (non-hydrogen) atoms. The highest BCUT2D eigenvalue weighted by molar-refractivity contribution is 4.84. The van der Waals surface area contributed by atoms with E-state index < -0.39 is 0 Å². The Morgan fingerprint density at radius 2 is 0.784 bits per heavy atom. The molecule has 0 amide bonds. The van der Waals surface area contributed by atoms with Gasteiger partial charge in [-0.2, -0.15) is 0 Å². The Balaban J connectivity index is 1.93. The molecule has 0 aliphatic heterocycles. The molecule has 0 N–H and O–H groups in total. The number of nitrogens with zero attached hydrogens (tertiary/aromatic N) is 2. The predicted molar refractivity (Wildman–Crippen MR) is 165 cm³/mol. The molecule has 2 nitrogen and oxygen atoms in total. The first-order chi connectivity index (χ1) is 18.3. The van der Waals surface area contributed by atoms with Crippen LogP contribution in [0.5, 0.6) is 0 Å². The Morgan fingerprint density at radius 3 is 1.16 bits per heavy atom. The van der Waals surface area contributed by atoms with Gasteiger partial charge in [0.1, 0.15) is 12.4 Å². The van der Waals surface area contributed by atoms with Gasteiger partial charge in [0, 0.05) is 6.42 Å². The Morgan fingerprint density at radius 1 is 0.459 bits per heavy atom. The smallest absolute Gasteiger partial charge is 0.237 e. The molecule has 0 aliphatic rings. The summed E-state index contributed by atoms with van der Waals surface area (Å²) in [6.07, 6.45) is 44.7. The quantitative estimate of drug-likeness (QED) is 0.0737. The second-order valence-corrected chi connectivity index (χ2v) is 12.1. The number of unbranched alkanes of at least 4 members (excludes halogenated alkanes) is 25. The van der Waals surface area contributed by atoms with E-state index in [2.05, 4.69) is 42.4 Å². The fourth-order valence-electron chi connectivity index (χ4n) is 5.86. The molecule has 0 aliphatic carbocycles. The summed E-state index contributed by atoms with van der Waals surface area (Å²) in [5.41, 5.74) is 0. The molecule has 0 spiro atoms. The van der Waals surface area contributed by atoms with Gasteiger partial charge < -0.3 is 0 Å². The zero-order chi connectivity index (χ0) is 26.7. The maximum Gasteiger partial charge on any atom is 0.256 e. The van der Waals surface area contributed by atoms with Gasteiger partial charge in [-0.3, -0.25) is 0 Å². The van der Waals surface area contributed by atoms with Crippen molar-refractivity contribution in [3.05, 3.63) is 18.2 Å². The van der Waals surface area contributed by atoms with Gasteiger partial charge in [0.15, 0.2) is 0 Å². The van der Waals surface area contributed by atoms with Crippen molar-refractivity contribution in [1.82, 2.24) is 4.57 Å². The molecule has 0 bridgehead atoms. The minimum Gasteiger partial charge on any atom is -0.237 e. The Hall–Kier alpha value is -0.790. The van der Waals surface area contributed by atoms with E-state index in [9.17, 15) is 0 Å². The first-order valence-corrected chi connectivity index (χ1v) is 17.3. The van der Waals surface area contributed by atoms with E-state index in [4.69, 9.17) is 0 Å². The molecule has 0 radical (unpaired) electrons. The molecule has 0 saturated carbocycles. The lowest BCUT2D eigenvalue weighted by molar-refractivity contribution is -0.678. The van der Waals surface area contributed by atoms with Crippen molar-refractivity contribution in [2.75, 3.05) is 0 Å². The molecule has 0 unspecified atom stereocenters. The lowest BCUT2D eigenvalue weighted by Gasteiger charge is -2.05. The summed E-state index contributed by atoms with van der Waals surface area (Å²) in [6.45, 7) is 5.82. The van der Waals surface area contributed by atoms with Crippen molar-refractivity contribution in [2.45, 2.75) is 200 Å². The van der Waals surface area contributed by atoms with Crippen LogP contribution in [0.3, 0.4) is 0 Å². The highest BCUT2D eigenvalue weighted by atomic mass is 15.1. The maximum atomic E-state index is 2.54. The molecule has 1 aromatic rings. The number of aryl methyl sites for hydroxylation is 2. The van der Waals surface area contributed by atoms with Gasteiger partial charge in [-0.25, -0.2) is 9.13 Å². The van der Waals surface area contributed by atoms with Crippen LogP contribution in [0.4, 0.5) is 0 Å². The number of aromatic nitrogens is 2. The van der Waals surface area contributed by atoms with Crippen molar-refractivity contribution in [1.29, 1.82) is 0 Å². The van der Waals surface area contributed by atoms with Crippen LogP contribution in [0.25, 0.3) is 0 Å². The van der Waals surface area contributed by atoms with Crippen molar-refractivity contribution in [2.24, 2.45) is 7.05 Å². The SMILES string of the molecule is CCCCCCCCCCCCCCCCc1n(CCCCCCCCCCCCCCC)cc[n+]1C. The summed E-state index contributed by atoms with van der Waals surface area (Å²) < 4.78 is 4.91. The Bertz CT molecular complexity index is 576. The molecule has 1 heterocycles. The van der Waals surface area contributed by atoms with Crippen LogP contribution in [-0.2, 0) is 20.0 Å². The highest BCUT2D eigenvalue weighted by Crippen LogP contribution is 2.15. The van der Waals surface area contributed by atoms with Crippen molar-refractivity contribution < 1.29 is 4.57 Å². The Labute approximate surface area is 234 Å². The van der Waals surface area contributed by atoms with Crippen LogP contribution in [0.2, 0.25) is 0 Å². The van der Waals surface area contributed by atoms with Gasteiger partial charge >= 0.3 is 0 Å². The standard InChI is InChI=1S/C35H69N2/c1-4-6-8-10-12-14-16-18-19-21-23-25-27-29-31-35-36(3)33-34-37(35)32-30-28-26-24-22-20-17-15-13-11-9-7-5-2/h33-34H,4-32H2,1-3H3/q+1. The fraction of sp³-hybridized carbons (Fsp3) is 0.914. The average molecular weight is 518 g/mol. The number of hydrogen-bond donors (Lipinski definition) is 0. The van der Waals surface area contributed by atoms with Crippen LogP contribution in [-0.4, -0.2) is 4.57 Å². The highest BCUT2D eigenvalue weighted by Gasteiger charge is 2.13. The van der Waals surface area contributed by atoms with Gasteiger partial charge in [0.25, 0.3) is 5.82 Å². The fourth-order valence-corrected chi connectivity index (χ4v) is 5.86. The topological polar surface area (TPSA) is 8.81 Å². The lowest BCUT2D eigenvalue weighted by atomic mass is 10.0. The van der Waals surface area contributed by atoms with Crippen LogP contribution in [0.15, 0.2) is 12.4 Å². The molecule has 1 rings (SSSR count). The van der Waals surface area contributed by atoms with Gasteiger partial charge in [0.2, 0.25) is 0 Å².